The normalized spacial score (nSPS) is 14.0. The highest BCUT2D eigenvalue weighted by molar-refractivity contribution is 7.98. The Kier molecular flexibility index (Phi) is 5.52. The number of aryl methyl sites for hydroxylation is 1. The third-order valence-electron chi connectivity index (χ3n) is 3.22. The Morgan fingerprint density at radius 3 is 2.40 bits per heavy atom. The molecule has 0 bridgehead atoms. The summed E-state index contributed by atoms with van der Waals surface area (Å²) in [6.07, 6.45) is 2.89. The van der Waals surface area contributed by atoms with Gasteiger partial charge in [0.05, 0.1) is 0 Å². The molecule has 1 aromatic heterocycles. The van der Waals surface area contributed by atoms with Gasteiger partial charge in [0.25, 0.3) is 0 Å². The predicted octanol–water partition coefficient (Wildman–Crippen LogP) is 4.64. The van der Waals surface area contributed by atoms with E-state index < -0.39 is 0 Å². The number of hydrogen-bond donors (Lipinski definition) is 1. The zero-order valence-electron chi connectivity index (χ0n) is 12.1. The molecule has 1 heterocycles. The van der Waals surface area contributed by atoms with Crippen LogP contribution in [0.15, 0.2) is 41.3 Å². The van der Waals surface area contributed by atoms with Gasteiger partial charge in [0, 0.05) is 20.7 Å². The van der Waals surface area contributed by atoms with E-state index in [-0.39, 0.29) is 12.1 Å². The van der Waals surface area contributed by atoms with Crippen LogP contribution >= 0.6 is 23.1 Å². The summed E-state index contributed by atoms with van der Waals surface area (Å²) in [6.45, 7) is 4.20. The summed E-state index contributed by atoms with van der Waals surface area (Å²) in [5, 5.41) is 0. The van der Waals surface area contributed by atoms with Gasteiger partial charge in [-0.2, -0.15) is 0 Å². The van der Waals surface area contributed by atoms with E-state index in [1.54, 1.807) is 23.1 Å². The van der Waals surface area contributed by atoms with Gasteiger partial charge in [0.1, 0.15) is 11.9 Å². The standard InChI is InChI=1S/C16H21NOS2/c1-4-14(17)16(15-10-5-11(2)20-15)18-12-6-8-13(19-3)9-7-12/h5-10,14,16H,4,17H2,1-3H3. The summed E-state index contributed by atoms with van der Waals surface area (Å²) < 4.78 is 6.14. The topological polar surface area (TPSA) is 35.2 Å². The zero-order valence-corrected chi connectivity index (χ0v) is 13.8. The first kappa shape index (κ1) is 15.4. The smallest absolute Gasteiger partial charge is 0.148 e. The van der Waals surface area contributed by atoms with Crippen molar-refractivity contribution in [2.75, 3.05) is 6.26 Å². The van der Waals surface area contributed by atoms with Gasteiger partial charge in [-0.25, -0.2) is 0 Å². The number of thioether (sulfide) groups is 1. The number of benzene rings is 1. The van der Waals surface area contributed by atoms with Crippen LogP contribution in [0.1, 0.15) is 29.2 Å². The first-order valence-electron chi connectivity index (χ1n) is 6.76. The zero-order chi connectivity index (χ0) is 14.5. The summed E-state index contributed by atoms with van der Waals surface area (Å²) >= 11 is 3.49. The van der Waals surface area contributed by atoms with Crippen LogP contribution in [0.25, 0.3) is 0 Å². The third-order valence-corrected chi connectivity index (χ3v) is 5.03. The lowest BCUT2D eigenvalue weighted by Crippen LogP contribution is -2.30. The monoisotopic (exact) mass is 307 g/mol. The Morgan fingerprint density at radius 2 is 1.90 bits per heavy atom. The highest BCUT2D eigenvalue weighted by atomic mass is 32.2. The van der Waals surface area contributed by atoms with Crippen molar-refractivity contribution in [3.8, 4) is 5.75 Å². The number of thiophene rings is 1. The Hall–Kier alpha value is -0.970. The summed E-state index contributed by atoms with van der Waals surface area (Å²) in [4.78, 5) is 3.72. The lowest BCUT2D eigenvalue weighted by molar-refractivity contribution is 0.174. The molecule has 0 aliphatic rings. The molecule has 1 aromatic carbocycles. The minimum Gasteiger partial charge on any atom is -0.483 e. The van der Waals surface area contributed by atoms with Crippen molar-refractivity contribution in [3.05, 3.63) is 46.2 Å². The van der Waals surface area contributed by atoms with Crippen molar-refractivity contribution in [3.63, 3.8) is 0 Å². The second-order valence-electron chi connectivity index (χ2n) is 4.73. The number of ether oxygens (including phenoxy) is 1. The van der Waals surface area contributed by atoms with Crippen molar-refractivity contribution in [1.82, 2.24) is 0 Å². The molecule has 0 radical (unpaired) electrons. The van der Waals surface area contributed by atoms with Crippen molar-refractivity contribution < 1.29 is 4.74 Å². The van der Waals surface area contributed by atoms with Crippen LogP contribution in [0.4, 0.5) is 0 Å². The lowest BCUT2D eigenvalue weighted by atomic mass is 10.1. The largest absolute Gasteiger partial charge is 0.483 e. The SMILES string of the molecule is CCC(N)C(Oc1ccc(SC)cc1)c1ccc(C)s1. The van der Waals surface area contributed by atoms with Gasteiger partial charge in [-0.05, 0) is 56.0 Å². The maximum absolute atomic E-state index is 6.24. The maximum Gasteiger partial charge on any atom is 0.148 e. The first-order valence-corrected chi connectivity index (χ1v) is 8.80. The summed E-state index contributed by atoms with van der Waals surface area (Å²) in [5.74, 6) is 0.878. The lowest BCUT2D eigenvalue weighted by Gasteiger charge is -2.23. The second-order valence-corrected chi connectivity index (χ2v) is 6.93. The van der Waals surface area contributed by atoms with Gasteiger partial charge in [0.2, 0.25) is 0 Å². The van der Waals surface area contributed by atoms with E-state index in [0.717, 1.165) is 12.2 Å². The maximum atomic E-state index is 6.24. The first-order chi connectivity index (χ1) is 9.63. The van der Waals surface area contributed by atoms with E-state index in [0.29, 0.717) is 0 Å². The average Bonchev–Trinajstić information content (AvgIpc) is 2.91. The molecule has 0 amide bonds. The molecule has 0 fully saturated rings. The van der Waals surface area contributed by atoms with Gasteiger partial charge < -0.3 is 10.5 Å². The van der Waals surface area contributed by atoms with E-state index in [1.165, 1.54) is 14.6 Å². The van der Waals surface area contributed by atoms with Crippen molar-refractivity contribution in [2.45, 2.75) is 37.3 Å². The van der Waals surface area contributed by atoms with E-state index in [1.807, 2.05) is 12.1 Å². The molecule has 2 atom stereocenters. The molecule has 108 valence electrons. The van der Waals surface area contributed by atoms with Crippen molar-refractivity contribution >= 4 is 23.1 Å². The van der Waals surface area contributed by atoms with Gasteiger partial charge >= 0.3 is 0 Å². The molecule has 2 rings (SSSR count). The molecule has 2 N–H and O–H groups in total. The summed E-state index contributed by atoms with van der Waals surface area (Å²) in [7, 11) is 0. The minimum atomic E-state index is -0.0705. The number of hydrogen-bond acceptors (Lipinski definition) is 4. The number of rotatable bonds is 6. The van der Waals surface area contributed by atoms with Gasteiger partial charge in [-0.15, -0.1) is 23.1 Å². The minimum absolute atomic E-state index is 0.00766. The van der Waals surface area contributed by atoms with Crippen LogP contribution in [0, 0.1) is 6.92 Å². The Bertz CT molecular complexity index is 536. The Balaban J connectivity index is 2.18. The van der Waals surface area contributed by atoms with Crippen LogP contribution in [0.5, 0.6) is 5.75 Å². The second kappa shape index (κ2) is 7.16. The van der Waals surface area contributed by atoms with Crippen LogP contribution in [0.3, 0.4) is 0 Å². The average molecular weight is 307 g/mol. The fraction of sp³-hybridized carbons (Fsp3) is 0.375. The van der Waals surface area contributed by atoms with E-state index in [4.69, 9.17) is 10.5 Å². The molecular weight excluding hydrogens is 286 g/mol. The molecule has 0 saturated heterocycles. The quantitative estimate of drug-likeness (QED) is 0.790. The number of nitrogens with two attached hydrogens (primary N) is 1. The Morgan fingerprint density at radius 1 is 1.20 bits per heavy atom. The van der Waals surface area contributed by atoms with Gasteiger partial charge in [-0.3, -0.25) is 0 Å². The van der Waals surface area contributed by atoms with E-state index >= 15 is 0 Å². The molecule has 2 aromatic rings. The van der Waals surface area contributed by atoms with Crippen LogP contribution < -0.4 is 10.5 Å². The van der Waals surface area contributed by atoms with Crippen molar-refractivity contribution in [2.24, 2.45) is 5.73 Å². The summed E-state index contributed by atoms with van der Waals surface area (Å²) in [5.41, 5.74) is 6.24. The molecule has 0 aliphatic carbocycles. The fourth-order valence-electron chi connectivity index (χ4n) is 1.98. The molecule has 0 saturated carbocycles. The van der Waals surface area contributed by atoms with Crippen LogP contribution in [-0.2, 0) is 0 Å². The molecule has 2 nitrogen and oxygen atoms in total. The molecule has 20 heavy (non-hydrogen) atoms. The van der Waals surface area contributed by atoms with E-state index in [9.17, 15) is 0 Å². The molecule has 4 heteroatoms. The predicted molar refractivity (Wildman–Crippen MR) is 88.9 cm³/mol. The molecule has 0 spiro atoms. The molecule has 2 unspecified atom stereocenters. The highest BCUT2D eigenvalue weighted by Gasteiger charge is 2.22. The third kappa shape index (κ3) is 3.78. The molecule has 0 aliphatic heterocycles. The van der Waals surface area contributed by atoms with E-state index in [2.05, 4.69) is 44.4 Å². The fourth-order valence-corrected chi connectivity index (χ4v) is 3.37. The van der Waals surface area contributed by atoms with Gasteiger partial charge in [-0.1, -0.05) is 6.92 Å². The van der Waals surface area contributed by atoms with Crippen LogP contribution in [-0.4, -0.2) is 12.3 Å². The highest BCUT2D eigenvalue weighted by Crippen LogP contribution is 2.31. The van der Waals surface area contributed by atoms with Gasteiger partial charge in [0.15, 0.2) is 0 Å². The molecular formula is C16H21NOS2. The van der Waals surface area contributed by atoms with Crippen molar-refractivity contribution in [1.29, 1.82) is 0 Å². The summed E-state index contributed by atoms with van der Waals surface area (Å²) in [6, 6.07) is 12.4. The Labute approximate surface area is 129 Å². The van der Waals surface area contributed by atoms with Crippen LogP contribution in [0.2, 0.25) is 0 Å².